The van der Waals surface area contributed by atoms with Crippen LogP contribution in [-0.2, 0) is 9.84 Å². The van der Waals surface area contributed by atoms with Crippen molar-refractivity contribution in [1.29, 1.82) is 0 Å². The van der Waals surface area contributed by atoms with E-state index in [0.717, 1.165) is 0 Å². The molecule has 2 aliphatic heterocycles. The molecular formula is C18H26N2O6S. The summed E-state index contributed by atoms with van der Waals surface area (Å²) in [5.74, 6) is 1.76. The number of benzene rings is 1. The Kier molecular flexibility index (Phi) is 5.81. The van der Waals surface area contributed by atoms with Crippen molar-refractivity contribution in [2.45, 2.75) is 12.5 Å². The highest BCUT2D eigenvalue weighted by molar-refractivity contribution is 7.91. The molecule has 0 saturated carbocycles. The molecule has 3 rings (SSSR count). The lowest BCUT2D eigenvalue weighted by Gasteiger charge is -2.37. The van der Waals surface area contributed by atoms with Crippen LogP contribution in [0.4, 0.5) is 0 Å². The van der Waals surface area contributed by atoms with Crippen LogP contribution in [0, 0.1) is 0 Å². The SMILES string of the molecule is COc1cc(OC)c(C(=O)N2CCN([C@H]3CCS(=O)(=O)C3)CC2)cc1OC. The lowest BCUT2D eigenvalue weighted by atomic mass is 10.1. The molecule has 0 spiro atoms. The number of hydrogen-bond donors (Lipinski definition) is 0. The smallest absolute Gasteiger partial charge is 0.257 e. The molecule has 27 heavy (non-hydrogen) atoms. The average Bonchev–Trinajstić information content (AvgIpc) is 3.06. The second-order valence-corrected chi connectivity index (χ2v) is 9.02. The summed E-state index contributed by atoms with van der Waals surface area (Å²) in [6, 6.07) is 3.35. The summed E-state index contributed by atoms with van der Waals surface area (Å²) in [5, 5.41) is 0. The molecule has 8 nitrogen and oxygen atoms in total. The summed E-state index contributed by atoms with van der Waals surface area (Å²) in [6.07, 6.45) is 0.680. The van der Waals surface area contributed by atoms with Crippen molar-refractivity contribution in [3.05, 3.63) is 17.7 Å². The molecule has 2 fully saturated rings. The Morgan fingerprint density at radius 1 is 0.963 bits per heavy atom. The number of piperazine rings is 1. The third kappa shape index (κ3) is 4.14. The van der Waals surface area contributed by atoms with E-state index < -0.39 is 9.84 Å². The second kappa shape index (κ2) is 7.93. The first-order chi connectivity index (χ1) is 12.9. The van der Waals surface area contributed by atoms with Gasteiger partial charge in [0.1, 0.15) is 5.75 Å². The first-order valence-corrected chi connectivity index (χ1v) is 10.7. The number of nitrogens with zero attached hydrogens (tertiary/aromatic N) is 2. The highest BCUT2D eigenvalue weighted by Gasteiger charge is 2.35. The first-order valence-electron chi connectivity index (χ1n) is 8.92. The summed E-state index contributed by atoms with van der Waals surface area (Å²) in [4.78, 5) is 17.0. The zero-order valence-electron chi connectivity index (χ0n) is 15.9. The molecule has 0 aromatic heterocycles. The fourth-order valence-electron chi connectivity index (χ4n) is 3.72. The summed E-state index contributed by atoms with van der Waals surface area (Å²) in [7, 11) is 1.65. The van der Waals surface area contributed by atoms with Gasteiger partial charge in [-0.05, 0) is 6.42 Å². The van der Waals surface area contributed by atoms with E-state index in [1.54, 1.807) is 17.0 Å². The normalized spacial score (nSPS) is 22.5. The molecule has 0 unspecified atom stereocenters. The van der Waals surface area contributed by atoms with Gasteiger partial charge in [-0.3, -0.25) is 9.69 Å². The third-order valence-electron chi connectivity index (χ3n) is 5.26. The predicted octanol–water partition coefficient (Wildman–Crippen LogP) is 0.657. The zero-order chi connectivity index (χ0) is 19.6. The Morgan fingerprint density at radius 3 is 2.07 bits per heavy atom. The minimum absolute atomic E-state index is 0.0721. The number of carbonyl (C=O) groups is 1. The quantitative estimate of drug-likeness (QED) is 0.720. The van der Waals surface area contributed by atoms with Crippen molar-refractivity contribution in [2.75, 3.05) is 59.0 Å². The van der Waals surface area contributed by atoms with Crippen LogP contribution in [0.25, 0.3) is 0 Å². The van der Waals surface area contributed by atoms with E-state index in [0.29, 0.717) is 55.4 Å². The van der Waals surface area contributed by atoms with E-state index in [-0.39, 0.29) is 23.5 Å². The van der Waals surface area contributed by atoms with Gasteiger partial charge in [-0.2, -0.15) is 0 Å². The Labute approximate surface area is 159 Å². The van der Waals surface area contributed by atoms with Crippen LogP contribution in [0.3, 0.4) is 0 Å². The predicted molar refractivity (Wildman–Crippen MR) is 101 cm³/mol. The van der Waals surface area contributed by atoms with Gasteiger partial charge in [0.05, 0.1) is 38.4 Å². The van der Waals surface area contributed by atoms with Crippen LogP contribution in [-0.4, -0.2) is 89.2 Å². The lowest BCUT2D eigenvalue weighted by Crippen LogP contribution is -2.52. The fourth-order valence-corrected chi connectivity index (χ4v) is 5.48. The number of sulfone groups is 1. The van der Waals surface area contributed by atoms with Gasteiger partial charge < -0.3 is 19.1 Å². The van der Waals surface area contributed by atoms with Crippen LogP contribution >= 0.6 is 0 Å². The molecule has 1 amide bonds. The summed E-state index contributed by atoms with van der Waals surface area (Å²) in [5.41, 5.74) is 0.423. The minimum atomic E-state index is -2.91. The number of carbonyl (C=O) groups excluding carboxylic acids is 1. The van der Waals surface area contributed by atoms with Gasteiger partial charge in [0.15, 0.2) is 21.3 Å². The third-order valence-corrected chi connectivity index (χ3v) is 7.01. The molecular weight excluding hydrogens is 372 g/mol. The molecule has 1 atom stereocenters. The molecule has 150 valence electrons. The minimum Gasteiger partial charge on any atom is -0.496 e. The summed E-state index contributed by atoms with van der Waals surface area (Å²) < 4.78 is 39.3. The number of amides is 1. The Bertz CT molecular complexity index is 802. The maximum Gasteiger partial charge on any atom is 0.257 e. The Balaban J connectivity index is 1.71. The van der Waals surface area contributed by atoms with Crippen molar-refractivity contribution in [2.24, 2.45) is 0 Å². The topological polar surface area (TPSA) is 85.4 Å². The lowest BCUT2D eigenvalue weighted by molar-refractivity contribution is 0.0584. The number of methoxy groups -OCH3 is 3. The zero-order valence-corrected chi connectivity index (χ0v) is 16.8. The molecule has 0 radical (unpaired) electrons. The molecule has 0 N–H and O–H groups in total. The van der Waals surface area contributed by atoms with E-state index in [2.05, 4.69) is 4.90 Å². The number of hydrogen-bond acceptors (Lipinski definition) is 7. The molecule has 2 saturated heterocycles. The highest BCUT2D eigenvalue weighted by Crippen LogP contribution is 2.35. The number of ether oxygens (including phenoxy) is 3. The van der Waals surface area contributed by atoms with Crippen molar-refractivity contribution in [1.82, 2.24) is 9.80 Å². The van der Waals surface area contributed by atoms with E-state index in [9.17, 15) is 13.2 Å². The van der Waals surface area contributed by atoms with E-state index in [4.69, 9.17) is 14.2 Å². The van der Waals surface area contributed by atoms with Crippen molar-refractivity contribution >= 4 is 15.7 Å². The standard InChI is InChI=1S/C18H26N2O6S/c1-24-15-11-17(26-3)16(25-2)10-14(15)18(21)20-7-5-19(6-8-20)13-4-9-27(22,23)12-13/h10-11,13H,4-9,12H2,1-3H3/t13-/m0/s1. The molecule has 1 aromatic carbocycles. The largest absolute Gasteiger partial charge is 0.496 e. The van der Waals surface area contributed by atoms with Gasteiger partial charge in [-0.25, -0.2) is 8.42 Å². The van der Waals surface area contributed by atoms with Crippen LogP contribution in [0.5, 0.6) is 17.2 Å². The molecule has 2 aliphatic rings. The van der Waals surface area contributed by atoms with E-state index in [1.165, 1.54) is 21.3 Å². The molecule has 1 aromatic rings. The maximum atomic E-state index is 13.0. The van der Waals surface area contributed by atoms with Crippen LogP contribution in [0.15, 0.2) is 12.1 Å². The van der Waals surface area contributed by atoms with Gasteiger partial charge in [-0.15, -0.1) is 0 Å². The fraction of sp³-hybridized carbons (Fsp3) is 0.611. The second-order valence-electron chi connectivity index (χ2n) is 6.79. The highest BCUT2D eigenvalue weighted by atomic mass is 32.2. The van der Waals surface area contributed by atoms with Gasteiger partial charge >= 0.3 is 0 Å². The van der Waals surface area contributed by atoms with Crippen molar-refractivity contribution < 1.29 is 27.4 Å². The maximum absolute atomic E-state index is 13.0. The van der Waals surface area contributed by atoms with Gasteiger partial charge in [0.2, 0.25) is 0 Å². The first kappa shape index (κ1) is 19.8. The molecule has 2 heterocycles. The van der Waals surface area contributed by atoms with Crippen molar-refractivity contribution in [3.63, 3.8) is 0 Å². The Morgan fingerprint density at radius 2 is 1.56 bits per heavy atom. The summed E-state index contributed by atoms with van der Waals surface area (Å²) in [6.45, 7) is 2.43. The van der Waals surface area contributed by atoms with Crippen LogP contribution in [0.1, 0.15) is 16.8 Å². The molecule has 0 aliphatic carbocycles. The van der Waals surface area contributed by atoms with Gasteiger partial charge in [0, 0.05) is 44.4 Å². The monoisotopic (exact) mass is 398 g/mol. The van der Waals surface area contributed by atoms with Gasteiger partial charge in [0.25, 0.3) is 5.91 Å². The summed E-state index contributed by atoms with van der Waals surface area (Å²) >= 11 is 0. The van der Waals surface area contributed by atoms with Gasteiger partial charge in [-0.1, -0.05) is 0 Å². The Hall–Kier alpha value is -2.00. The molecule has 9 heteroatoms. The van der Waals surface area contributed by atoms with Crippen LogP contribution in [0.2, 0.25) is 0 Å². The molecule has 0 bridgehead atoms. The van der Waals surface area contributed by atoms with E-state index in [1.807, 2.05) is 0 Å². The van der Waals surface area contributed by atoms with E-state index >= 15 is 0 Å². The average molecular weight is 398 g/mol. The van der Waals surface area contributed by atoms with Crippen LogP contribution < -0.4 is 14.2 Å². The van der Waals surface area contributed by atoms with Crippen molar-refractivity contribution in [3.8, 4) is 17.2 Å². The number of rotatable bonds is 5.